The number of aromatic nitrogens is 2. The van der Waals surface area contributed by atoms with Crippen LogP contribution in [0.1, 0.15) is 6.92 Å². The summed E-state index contributed by atoms with van der Waals surface area (Å²) in [6.45, 7) is 2.44. The highest BCUT2D eigenvalue weighted by atomic mass is 35.5. The van der Waals surface area contributed by atoms with E-state index in [1.807, 2.05) is 0 Å². The third kappa shape index (κ3) is 7.51. The summed E-state index contributed by atoms with van der Waals surface area (Å²) in [5.41, 5.74) is 0. The fourth-order valence-corrected chi connectivity index (χ4v) is 2.32. The Labute approximate surface area is 167 Å². The van der Waals surface area contributed by atoms with Gasteiger partial charge in [0, 0.05) is 26.1 Å². The van der Waals surface area contributed by atoms with Crippen molar-refractivity contribution in [1.82, 2.24) is 20.6 Å². The van der Waals surface area contributed by atoms with Crippen molar-refractivity contribution in [3.63, 3.8) is 0 Å². The van der Waals surface area contributed by atoms with E-state index in [9.17, 15) is 9.90 Å². The van der Waals surface area contributed by atoms with Crippen molar-refractivity contribution in [2.45, 2.75) is 13.0 Å². The van der Waals surface area contributed by atoms with Crippen molar-refractivity contribution in [3.8, 4) is 11.6 Å². The van der Waals surface area contributed by atoms with E-state index in [0.717, 1.165) is 0 Å². The van der Waals surface area contributed by atoms with Crippen molar-refractivity contribution in [2.75, 3.05) is 26.2 Å². The maximum Gasteiger partial charge on any atom is 0.262 e. The molecule has 2 aromatic rings. The molecule has 146 valence electrons. The van der Waals surface area contributed by atoms with Crippen molar-refractivity contribution < 1.29 is 19.5 Å². The number of nitrogens with one attached hydrogen (secondary N) is 2. The van der Waals surface area contributed by atoms with Crippen LogP contribution in [0.3, 0.4) is 0 Å². The van der Waals surface area contributed by atoms with Gasteiger partial charge in [0.05, 0.1) is 11.6 Å². The number of H-pyrrole nitrogens is 1. The predicted molar refractivity (Wildman–Crippen MR) is 103 cm³/mol. The molecule has 1 amide bonds. The van der Waals surface area contributed by atoms with E-state index in [1.165, 1.54) is 12.0 Å². The quantitative estimate of drug-likeness (QED) is 0.311. The summed E-state index contributed by atoms with van der Waals surface area (Å²) in [5.74, 6) is 0.472. The van der Waals surface area contributed by atoms with Gasteiger partial charge >= 0.3 is 0 Å². The molecule has 0 saturated carbocycles. The van der Waals surface area contributed by atoms with E-state index < -0.39 is 6.10 Å². The fraction of sp³-hybridized carbons (Fsp3) is 0.353. The summed E-state index contributed by atoms with van der Waals surface area (Å²) in [6, 6.07) is 10.2. The average Bonchev–Trinajstić information content (AvgIpc) is 2.65. The van der Waals surface area contributed by atoms with Gasteiger partial charge in [0.15, 0.2) is 0 Å². The molecule has 0 aliphatic carbocycles. The molecule has 10 heteroatoms. The molecule has 3 N–H and O–H groups in total. The van der Waals surface area contributed by atoms with E-state index >= 15 is 0 Å². The van der Waals surface area contributed by atoms with Gasteiger partial charge in [-0.25, -0.2) is 0 Å². The minimum absolute atomic E-state index is 0.0941. The summed E-state index contributed by atoms with van der Waals surface area (Å²) in [7, 11) is 0. The van der Waals surface area contributed by atoms with Crippen LogP contribution in [0.4, 0.5) is 0 Å². The molecule has 0 fully saturated rings. The topological polar surface area (TPSA) is 99.7 Å². The third-order valence-electron chi connectivity index (χ3n) is 3.35. The second kappa shape index (κ2) is 10.8. The number of nitrogens with zero attached hydrogens (tertiary/aromatic N) is 2. The smallest absolute Gasteiger partial charge is 0.262 e. The molecule has 1 heterocycles. The van der Waals surface area contributed by atoms with E-state index in [-0.39, 0.29) is 31.5 Å². The van der Waals surface area contributed by atoms with Gasteiger partial charge in [0.25, 0.3) is 11.8 Å². The molecule has 1 atom stereocenters. The molecule has 27 heavy (non-hydrogen) atoms. The lowest BCUT2D eigenvalue weighted by molar-refractivity contribution is -0.155. The summed E-state index contributed by atoms with van der Waals surface area (Å²) in [4.78, 5) is 17.1. The van der Waals surface area contributed by atoms with Crippen LogP contribution in [-0.2, 0) is 4.79 Å². The Morgan fingerprint density at radius 3 is 2.85 bits per heavy atom. The Hall–Kier alpha value is -2.20. The van der Waals surface area contributed by atoms with E-state index in [2.05, 4.69) is 15.5 Å². The normalized spacial score (nSPS) is 11.7. The largest absolute Gasteiger partial charge is 0.489 e. The highest BCUT2D eigenvalue weighted by Crippen LogP contribution is 2.23. The first-order valence-corrected chi connectivity index (χ1v) is 9.02. The number of aromatic amines is 1. The van der Waals surface area contributed by atoms with Crippen LogP contribution in [0.2, 0.25) is 5.02 Å². The van der Waals surface area contributed by atoms with Gasteiger partial charge in [-0.15, -0.1) is 5.10 Å². The Morgan fingerprint density at radius 2 is 2.19 bits per heavy atom. The number of aliphatic hydroxyl groups is 1. The summed E-state index contributed by atoms with van der Waals surface area (Å²) in [5, 5.41) is 21.1. The number of benzene rings is 1. The Morgan fingerprint density at radius 1 is 1.41 bits per heavy atom. The third-order valence-corrected chi connectivity index (χ3v) is 3.89. The zero-order valence-corrected chi connectivity index (χ0v) is 16.3. The molecule has 1 aromatic heterocycles. The van der Waals surface area contributed by atoms with E-state index in [1.54, 1.807) is 36.4 Å². The molecule has 0 radical (unpaired) electrons. The number of carbonyl (C=O) groups is 1. The number of aliphatic hydroxyl groups excluding tert-OH is 1. The number of halogens is 1. The van der Waals surface area contributed by atoms with Crippen molar-refractivity contribution in [2.24, 2.45) is 0 Å². The van der Waals surface area contributed by atoms with Crippen LogP contribution in [0.25, 0.3) is 0 Å². The van der Waals surface area contributed by atoms with Crippen LogP contribution in [0.5, 0.6) is 11.6 Å². The number of para-hydroxylation sites is 1. The minimum Gasteiger partial charge on any atom is -0.489 e. The molecular formula is C17H21ClN4O4S. The lowest BCUT2D eigenvalue weighted by Crippen LogP contribution is -2.40. The standard InChI is InChI=1S/C17H21ClN4O4S/c1-12(23)22(26-16-6-7-17(27)21-20-16)9-8-19-10-13(24)11-25-15-5-3-2-4-14(15)18/h2-7,13,19,24H,8-11H2,1H3,(H,21,27). The van der Waals surface area contributed by atoms with Crippen molar-refractivity contribution in [1.29, 1.82) is 0 Å². The second-order valence-electron chi connectivity index (χ2n) is 5.57. The minimum atomic E-state index is -0.733. The molecular weight excluding hydrogens is 392 g/mol. The zero-order valence-electron chi connectivity index (χ0n) is 14.7. The van der Waals surface area contributed by atoms with E-state index in [0.29, 0.717) is 22.0 Å². The number of carbonyl (C=O) groups excluding carboxylic acids is 1. The molecule has 8 nitrogen and oxygen atoms in total. The molecule has 1 aromatic carbocycles. The Balaban J connectivity index is 1.70. The molecule has 0 saturated heterocycles. The lowest BCUT2D eigenvalue weighted by Gasteiger charge is -2.20. The number of hydroxylamine groups is 2. The molecule has 0 spiro atoms. The zero-order chi connectivity index (χ0) is 19.6. The summed E-state index contributed by atoms with van der Waals surface area (Å²) < 4.78 is 5.94. The SMILES string of the molecule is CC(=O)N(CCNCC(O)COc1ccccc1Cl)Oc1ccc(=S)[nH]n1. The highest BCUT2D eigenvalue weighted by Gasteiger charge is 2.12. The molecule has 0 aliphatic heterocycles. The van der Waals surface area contributed by atoms with Gasteiger partial charge in [-0.3, -0.25) is 9.89 Å². The van der Waals surface area contributed by atoms with Gasteiger partial charge in [0.2, 0.25) is 0 Å². The maximum absolute atomic E-state index is 11.7. The number of amides is 1. The summed E-state index contributed by atoms with van der Waals surface area (Å²) >= 11 is 10.9. The van der Waals surface area contributed by atoms with Gasteiger partial charge in [0.1, 0.15) is 23.1 Å². The second-order valence-corrected chi connectivity index (χ2v) is 6.42. The predicted octanol–water partition coefficient (Wildman–Crippen LogP) is 1.96. The molecule has 0 bridgehead atoms. The van der Waals surface area contributed by atoms with Crippen LogP contribution < -0.4 is 14.9 Å². The van der Waals surface area contributed by atoms with Gasteiger partial charge in [-0.2, -0.15) is 5.06 Å². The maximum atomic E-state index is 11.7. The average molecular weight is 413 g/mol. The monoisotopic (exact) mass is 412 g/mol. The molecule has 0 aliphatic rings. The first-order valence-electron chi connectivity index (χ1n) is 8.23. The molecule has 1 unspecified atom stereocenters. The van der Waals surface area contributed by atoms with Crippen LogP contribution >= 0.6 is 23.8 Å². The fourth-order valence-electron chi connectivity index (χ4n) is 2.02. The highest BCUT2D eigenvalue weighted by molar-refractivity contribution is 7.71. The van der Waals surface area contributed by atoms with Gasteiger partial charge in [-0.05, 0) is 18.2 Å². The first-order chi connectivity index (χ1) is 13.0. The summed E-state index contributed by atoms with van der Waals surface area (Å²) in [6.07, 6.45) is -0.733. The van der Waals surface area contributed by atoms with Crippen molar-refractivity contribution >= 4 is 29.7 Å². The van der Waals surface area contributed by atoms with Crippen molar-refractivity contribution in [3.05, 3.63) is 46.1 Å². The Bertz CT molecular complexity index is 784. The number of rotatable bonds is 10. The molecule has 2 rings (SSSR count). The van der Waals surface area contributed by atoms with Gasteiger partial charge in [-0.1, -0.05) is 36.0 Å². The van der Waals surface area contributed by atoms with Crippen LogP contribution in [-0.4, -0.2) is 58.6 Å². The van der Waals surface area contributed by atoms with Gasteiger partial charge < -0.3 is 20.0 Å². The van der Waals surface area contributed by atoms with E-state index in [4.69, 9.17) is 33.4 Å². The first kappa shape index (κ1) is 21.1. The van der Waals surface area contributed by atoms with Crippen LogP contribution in [0.15, 0.2) is 36.4 Å². The Kier molecular flexibility index (Phi) is 8.46. The number of hydrogen-bond acceptors (Lipinski definition) is 7. The lowest BCUT2D eigenvalue weighted by atomic mass is 10.3. The number of hydrogen-bond donors (Lipinski definition) is 3. The van der Waals surface area contributed by atoms with Crippen LogP contribution in [0, 0.1) is 4.64 Å². The number of ether oxygens (including phenoxy) is 1.